The van der Waals surface area contributed by atoms with E-state index in [1.165, 1.54) is 11.8 Å². The van der Waals surface area contributed by atoms with Gasteiger partial charge >= 0.3 is 5.97 Å². The minimum atomic E-state index is -1.02. The number of carbonyl (C=O) groups excluding carboxylic acids is 1. The van der Waals surface area contributed by atoms with E-state index >= 15 is 0 Å². The molecule has 0 saturated heterocycles. The maximum Gasteiger partial charge on any atom is 0.336 e. The highest BCUT2D eigenvalue weighted by Crippen LogP contribution is 2.08. The number of hydrogen-bond acceptors (Lipinski definition) is 3. The van der Waals surface area contributed by atoms with Crippen LogP contribution >= 0.6 is 11.8 Å². The zero-order valence-corrected chi connectivity index (χ0v) is 10.4. The number of nitrogens with one attached hydrogen (secondary N) is 1. The minimum Gasteiger partial charge on any atom is -0.479 e. The van der Waals surface area contributed by atoms with Crippen molar-refractivity contribution < 1.29 is 14.7 Å². The number of rotatable bonds is 6. The van der Waals surface area contributed by atoms with Crippen molar-refractivity contribution in [1.29, 1.82) is 0 Å². The Hall–Kier alpha value is -1.49. The lowest BCUT2D eigenvalue weighted by Crippen LogP contribution is -2.39. The fraction of sp³-hybridized carbons (Fsp3) is 0.333. The first-order valence-electron chi connectivity index (χ1n) is 5.31. The highest BCUT2D eigenvalue weighted by Gasteiger charge is 2.19. The van der Waals surface area contributed by atoms with Gasteiger partial charge in [0, 0.05) is 0 Å². The summed E-state index contributed by atoms with van der Waals surface area (Å²) < 4.78 is 0. The van der Waals surface area contributed by atoms with Gasteiger partial charge in [0.25, 0.3) is 0 Å². The Balaban J connectivity index is 2.51. The molecule has 4 nitrogen and oxygen atoms in total. The number of benzene rings is 1. The molecule has 0 heterocycles. The molecule has 17 heavy (non-hydrogen) atoms. The molecule has 0 bridgehead atoms. The van der Waals surface area contributed by atoms with Crippen LogP contribution in [0.3, 0.4) is 0 Å². The molecule has 0 fully saturated rings. The van der Waals surface area contributed by atoms with Gasteiger partial charge in [0.05, 0.1) is 6.42 Å². The average molecular weight is 253 g/mol. The average Bonchev–Trinajstić information content (AvgIpc) is 2.29. The van der Waals surface area contributed by atoms with Crippen molar-refractivity contribution in [3.05, 3.63) is 35.9 Å². The van der Waals surface area contributed by atoms with Gasteiger partial charge in [-0.1, -0.05) is 37.3 Å². The molecule has 0 aromatic heterocycles. The van der Waals surface area contributed by atoms with Gasteiger partial charge in [-0.25, -0.2) is 4.79 Å². The first-order valence-corrected chi connectivity index (χ1v) is 6.36. The highest BCUT2D eigenvalue weighted by molar-refractivity contribution is 8.00. The second kappa shape index (κ2) is 6.96. The van der Waals surface area contributed by atoms with Crippen LogP contribution in [0.4, 0.5) is 0 Å². The van der Waals surface area contributed by atoms with Crippen LogP contribution in [0.1, 0.15) is 12.5 Å². The molecular formula is C12H15NO3S. The fourth-order valence-electron chi connectivity index (χ4n) is 1.32. The van der Waals surface area contributed by atoms with Crippen molar-refractivity contribution in [3.8, 4) is 0 Å². The van der Waals surface area contributed by atoms with E-state index in [2.05, 4.69) is 5.32 Å². The van der Waals surface area contributed by atoms with Crippen molar-refractivity contribution in [2.75, 3.05) is 5.75 Å². The Kier molecular flexibility index (Phi) is 5.56. The zero-order valence-electron chi connectivity index (χ0n) is 9.55. The molecule has 0 aliphatic heterocycles. The standard InChI is InChI=1S/C12H15NO3S/c1-2-17-11(12(15)16)13-10(14)8-9-6-4-3-5-7-9/h3-7,11H,2,8H2,1H3,(H,13,14)(H,15,16). The molecule has 0 radical (unpaired) electrons. The summed E-state index contributed by atoms with van der Waals surface area (Å²) in [5.41, 5.74) is 0.871. The SMILES string of the molecule is CCSC(NC(=O)Cc1ccccc1)C(=O)O. The largest absolute Gasteiger partial charge is 0.479 e. The van der Waals surface area contributed by atoms with Gasteiger partial charge in [-0.05, 0) is 11.3 Å². The predicted molar refractivity (Wildman–Crippen MR) is 67.8 cm³/mol. The molecule has 1 aromatic carbocycles. The van der Waals surface area contributed by atoms with Crippen LogP contribution in [0.5, 0.6) is 0 Å². The lowest BCUT2D eigenvalue weighted by molar-refractivity contribution is -0.139. The summed E-state index contributed by atoms with van der Waals surface area (Å²) in [6.07, 6.45) is 0.203. The third kappa shape index (κ3) is 4.91. The summed E-state index contributed by atoms with van der Waals surface area (Å²) in [6, 6.07) is 9.23. The van der Waals surface area contributed by atoms with Gasteiger partial charge in [0.2, 0.25) is 5.91 Å². The number of carboxylic acid groups (broad SMARTS) is 1. The van der Waals surface area contributed by atoms with E-state index in [1.807, 2.05) is 37.3 Å². The van der Waals surface area contributed by atoms with Crippen LogP contribution in [0.2, 0.25) is 0 Å². The number of hydrogen-bond donors (Lipinski definition) is 2. The molecule has 1 aromatic rings. The van der Waals surface area contributed by atoms with Gasteiger partial charge < -0.3 is 10.4 Å². The van der Waals surface area contributed by atoms with Crippen molar-refractivity contribution in [2.24, 2.45) is 0 Å². The van der Waals surface area contributed by atoms with Crippen molar-refractivity contribution in [2.45, 2.75) is 18.7 Å². The molecule has 1 atom stereocenters. The summed E-state index contributed by atoms with van der Waals surface area (Å²) in [4.78, 5) is 22.5. The van der Waals surface area contributed by atoms with E-state index in [0.717, 1.165) is 5.56 Å². The van der Waals surface area contributed by atoms with Crippen LogP contribution in [0.15, 0.2) is 30.3 Å². The first-order chi connectivity index (χ1) is 8.13. The lowest BCUT2D eigenvalue weighted by atomic mass is 10.1. The third-order valence-corrected chi connectivity index (χ3v) is 3.04. The third-order valence-electron chi connectivity index (χ3n) is 2.06. The Morgan fingerprint density at radius 1 is 1.35 bits per heavy atom. The summed E-state index contributed by atoms with van der Waals surface area (Å²) in [7, 11) is 0. The number of thioether (sulfide) groups is 1. The molecular weight excluding hydrogens is 238 g/mol. The molecule has 92 valence electrons. The summed E-state index contributed by atoms with van der Waals surface area (Å²) in [5, 5.41) is 10.5. The van der Waals surface area contributed by atoms with Gasteiger partial charge in [0.15, 0.2) is 5.37 Å². The normalized spacial score (nSPS) is 11.8. The van der Waals surface area contributed by atoms with Crippen molar-refractivity contribution >= 4 is 23.6 Å². The van der Waals surface area contributed by atoms with Crippen molar-refractivity contribution in [1.82, 2.24) is 5.32 Å². The molecule has 1 unspecified atom stereocenters. The Labute approximate surface area is 104 Å². The number of carbonyl (C=O) groups is 2. The van der Waals surface area contributed by atoms with Crippen LogP contribution in [-0.2, 0) is 16.0 Å². The topological polar surface area (TPSA) is 66.4 Å². The number of aliphatic carboxylic acids is 1. The molecule has 0 spiro atoms. The van der Waals surface area contributed by atoms with E-state index in [9.17, 15) is 9.59 Å². The molecule has 1 rings (SSSR count). The molecule has 2 N–H and O–H groups in total. The smallest absolute Gasteiger partial charge is 0.336 e. The zero-order chi connectivity index (χ0) is 12.7. The predicted octanol–water partition coefficient (Wildman–Crippen LogP) is 1.51. The molecule has 0 aliphatic carbocycles. The summed E-state index contributed by atoms with van der Waals surface area (Å²) in [5.74, 6) is -0.648. The van der Waals surface area contributed by atoms with Crippen molar-refractivity contribution in [3.63, 3.8) is 0 Å². The first kappa shape index (κ1) is 13.6. The van der Waals surface area contributed by atoms with E-state index in [4.69, 9.17) is 5.11 Å². The second-order valence-corrected chi connectivity index (χ2v) is 4.79. The van der Waals surface area contributed by atoms with Gasteiger partial charge in [-0.2, -0.15) is 0 Å². The molecule has 0 aliphatic rings. The van der Waals surface area contributed by atoms with Crippen LogP contribution in [-0.4, -0.2) is 28.1 Å². The number of carboxylic acids is 1. The van der Waals surface area contributed by atoms with E-state index < -0.39 is 11.3 Å². The van der Waals surface area contributed by atoms with E-state index in [0.29, 0.717) is 5.75 Å². The van der Waals surface area contributed by atoms with Crippen LogP contribution < -0.4 is 5.32 Å². The highest BCUT2D eigenvalue weighted by atomic mass is 32.2. The Morgan fingerprint density at radius 2 is 2.00 bits per heavy atom. The number of amides is 1. The molecule has 1 amide bonds. The maximum atomic E-state index is 11.6. The van der Waals surface area contributed by atoms with E-state index in [1.54, 1.807) is 0 Å². The summed E-state index contributed by atoms with van der Waals surface area (Å²) >= 11 is 1.19. The van der Waals surface area contributed by atoms with Crippen LogP contribution in [0.25, 0.3) is 0 Å². The Bertz CT molecular complexity index is 381. The second-order valence-electron chi connectivity index (χ2n) is 3.40. The monoisotopic (exact) mass is 253 g/mol. The Morgan fingerprint density at radius 3 is 2.53 bits per heavy atom. The lowest BCUT2D eigenvalue weighted by Gasteiger charge is -2.12. The van der Waals surface area contributed by atoms with Gasteiger partial charge in [0.1, 0.15) is 0 Å². The van der Waals surface area contributed by atoms with Gasteiger partial charge in [-0.15, -0.1) is 11.8 Å². The van der Waals surface area contributed by atoms with Crippen LogP contribution in [0, 0.1) is 0 Å². The fourth-order valence-corrected chi connectivity index (χ4v) is 2.01. The minimum absolute atomic E-state index is 0.203. The molecule has 0 saturated carbocycles. The quantitative estimate of drug-likeness (QED) is 0.754. The van der Waals surface area contributed by atoms with Gasteiger partial charge in [-0.3, -0.25) is 4.79 Å². The summed E-state index contributed by atoms with van der Waals surface area (Å²) in [6.45, 7) is 1.85. The molecule has 5 heteroatoms. The van der Waals surface area contributed by atoms with E-state index in [-0.39, 0.29) is 12.3 Å². The maximum absolute atomic E-state index is 11.6.